The van der Waals surface area contributed by atoms with Gasteiger partial charge in [0.15, 0.2) is 0 Å². The normalized spacial score (nSPS) is 16.8. The highest BCUT2D eigenvalue weighted by Gasteiger charge is 2.37. The average Bonchev–Trinajstić information content (AvgIpc) is 2.38. The molecule has 18 heavy (non-hydrogen) atoms. The third kappa shape index (κ3) is 2.59. The number of carbonyl (C=O) groups excluding carboxylic acids is 1. The van der Waals surface area contributed by atoms with Crippen LogP contribution in [0.4, 0.5) is 5.82 Å². The van der Waals surface area contributed by atoms with Gasteiger partial charge in [-0.2, -0.15) is 0 Å². The zero-order chi connectivity index (χ0) is 13.0. The zero-order valence-corrected chi connectivity index (χ0v) is 10.7. The largest absolute Gasteiger partial charge is 0.376 e. The molecule has 1 amide bonds. The summed E-state index contributed by atoms with van der Waals surface area (Å²) in [5.41, 5.74) is 0.146. The standard InChI is InChI=1S/C12H18N4O2/c1-13-10-7-14-9(6-15-10)11(17)16-8-12(18-2)4-3-5-12/h6-7H,3-5,8H2,1-2H3,(H,13,15)(H,16,17). The molecule has 0 aliphatic heterocycles. The second-order valence-corrected chi connectivity index (χ2v) is 4.46. The van der Waals surface area contributed by atoms with E-state index in [-0.39, 0.29) is 11.5 Å². The lowest BCUT2D eigenvalue weighted by atomic mass is 9.80. The van der Waals surface area contributed by atoms with Crippen LogP contribution in [0.2, 0.25) is 0 Å². The van der Waals surface area contributed by atoms with Gasteiger partial charge in [0.1, 0.15) is 11.5 Å². The monoisotopic (exact) mass is 250 g/mol. The molecule has 0 unspecified atom stereocenters. The molecule has 2 rings (SSSR count). The molecule has 1 fully saturated rings. The first-order valence-corrected chi connectivity index (χ1v) is 6.02. The Morgan fingerprint density at radius 3 is 2.67 bits per heavy atom. The zero-order valence-electron chi connectivity index (χ0n) is 10.7. The van der Waals surface area contributed by atoms with Crippen LogP contribution in [0.1, 0.15) is 29.8 Å². The van der Waals surface area contributed by atoms with Gasteiger partial charge in [-0.05, 0) is 19.3 Å². The molecule has 1 aromatic rings. The lowest BCUT2D eigenvalue weighted by molar-refractivity contribution is -0.0679. The molecule has 1 aromatic heterocycles. The van der Waals surface area contributed by atoms with Crippen LogP contribution in [0, 0.1) is 0 Å². The van der Waals surface area contributed by atoms with Crippen LogP contribution in [0.25, 0.3) is 0 Å². The van der Waals surface area contributed by atoms with Gasteiger partial charge in [0.05, 0.1) is 18.0 Å². The van der Waals surface area contributed by atoms with Crippen LogP contribution in [0.3, 0.4) is 0 Å². The first kappa shape index (κ1) is 12.8. The van der Waals surface area contributed by atoms with Crippen LogP contribution in [-0.2, 0) is 4.74 Å². The minimum absolute atomic E-state index is 0.173. The van der Waals surface area contributed by atoms with E-state index < -0.39 is 0 Å². The molecule has 0 atom stereocenters. The topological polar surface area (TPSA) is 76.1 Å². The number of anilines is 1. The molecule has 1 heterocycles. The first-order valence-electron chi connectivity index (χ1n) is 6.02. The number of aromatic nitrogens is 2. The van der Waals surface area contributed by atoms with Crippen molar-refractivity contribution in [2.75, 3.05) is 26.0 Å². The van der Waals surface area contributed by atoms with Crippen molar-refractivity contribution in [1.82, 2.24) is 15.3 Å². The lowest BCUT2D eigenvalue weighted by Crippen LogP contribution is -2.49. The third-order valence-electron chi connectivity index (χ3n) is 3.41. The first-order chi connectivity index (χ1) is 8.69. The Labute approximate surface area is 106 Å². The second-order valence-electron chi connectivity index (χ2n) is 4.46. The van der Waals surface area contributed by atoms with Gasteiger partial charge >= 0.3 is 0 Å². The number of hydrogen-bond acceptors (Lipinski definition) is 5. The van der Waals surface area contributed by atoms with Gasteiger partial charge in [0, 0.05) is 20.7 Å². The molecule has 6 heteroatoms. The number of ether oxygens (including phenoxy) is 1. The number of amides is 1. The van der Waals surface area contributed by atoms with Crippen LogP contribution in [-0.4, -0.2) is 42.2 Å². The summed E-state index contributed by atoms with van der Waals surface area (Å²) in [6.45, 7) is 0.526. The number of nitrogens with one attached hydrogen (secondary N) is 2. The predicted molar refractivity (Wildman–Crippen MR) is 67.5 cm³/mol. The summed E-state index contributed by atoms with van der Waals surface area (Å²) < 4.78 is 5.44. The number of hydrogen-bond donors (Lipinski definition) is 2. The maximum atomic E-state index is 11.9. The Hall–Kier alpha value is -1.69. The summed E-state index contributed by atoms with van der Waals surface area (Å²) in [7, 11) is 3.44. The van der Waals surface area contributed by atoms with Crippen molar-refractivity contribution in [2.24, 2.45) is 0 Å². The molecule has 6 nitrogen and oxygen atoms in total. The van der Waals surface area contributed by atoms with Gasteiger partial charge in [-0.15, -0.1) is 0 Å². The Balaban J connectivity index is 1.90. The number of methoxy groups -OCH3 is 1. The van der Waals surface area contributed by atoms with Crippen LogP contribution in [0.15, 0.2) is 12.4 Å². The van der Waals surface area contributed by atoms with E-state index in [4.69, 9.17) is 4.74 Å². The van der Waals surface area contributed by atoms with Gasteiger partial charge < -0.3 is 15.4 Å². The summed E-state index contributed by atoms with van der Waals surface area (Å²) in [6, 6.07) is 0. The molecule has 0 saturated heterocycles. The highest BCUT2D eigenvalue weighted by molar-refractivity contribution is 5.92. The maximum absolute atomic E-state index is 11.9. The van der Waals surface area contributed by atoms with E-state index in [0.717, 1.165) is 19.3 Å². The van der Waals surface area contributed by atoms with Crippen molar-refractivity contribution in [1.29, 1.82) is 0 Å². The fourth-order valence-corrected chi connectivity index (χ4v) is 1.93. The molecule has 0 radical (unpaired) electrons. The number of nitrogens with zero attached hydrogens (tertiary/aromatic N) is 2. The third-order valence-corrected chi connectivity index (χ3v) is 3.41. The summed E-state index contributed by atoms with van der Waals surface area (Å²) in [5, 5.41) is 5.69. The Bertz CT molecular complexity index is 409. The van der Waals surface area contributed by atoms with Crippen molar-refractivity contribution in [3.05, 3.63) is 18.1 Å². The lowest BCUT2D eigenvalue weighted by Gasteiger charge is -2.40. The quantitative estimate of drug-likeness (QED) is 0.809. The minimum atomic E-state index is -0.214. The summed E-state index contributed by atoms with van der Waals surface area (Å²) >= 11 is 0. The van der Waals surface area contributed by atoms with Gasteiger partial charge in [-0.3, -0.25) is 4.79 Å². The van der Waals surface area contributed by atoms with E-state index in [9.17, 15) is 4.79 Å². The predicted octanol–water partition coefficient (Wildman–Crippen LogP) is 0.817. The van der Waals surface area contributed by atoms with Gasteiger partial charge in [0.25, 0.3) is 5.91 Å². The van der Waals surface area contributed by atoms with E-state index >= 15 is 0 Å². The van der Waals surface area contributed by atoms with E-state index in [2.05, 4.69) is 20.6 Å². The molecule has 2 N–H and O–H groups in total. The van der Waals surface area contributed by atoms with Crippen molar-refractivity contribution in [3.8, 4) is 0 Å². The fraction of sp³-hybridized carbons (Fsp3) is 0.583. The Kier molecular flexibility index (Phi) is 3.76. The number of rotatable bonds is 5. The highest BCUT2D eigenvalue weighted by Crippen LogP contribution is 2.34. The summed E-state index contributed by atoms with van der Waals surface area (Å²) in [4.78, 5) is 20.0. The van der Waals surface area contributed by atoms with Gasteiger partial charge in [-0.25, -0.2) is 9.97 Å². The molecule has 98 valence electrons. The molecule has 1 aliphatic rings. The summed E-state index contributed by atoms with van der Waals surface area (Å²) in [5.74, 6) is 0.424. The van der Waals surface area contributed by atoms with Crippen LogP contribution in [0.5, 0.6) is 0 Å². The van der Waals surface area contributed by atoms with E-state index in [1.165, 1.54) is 12.4 Å². The average molecular weight is 250 g/mol. The van der Waals surface area contributed by atoms with Crippen molar-refractivity contribution >= 4 is 11.7 Å². The van der Waals surface area contributed by atoms with Crippen molar-refractivity contribution in [3.63, 3.8) is 0 Å². The molecule has 1 saturated carbocycles. The fourth-order valence-electron chi connectivity index (χ4n) is 1.93. The summed E-state index contributed by atoms with van der Waals surface area (Å²) in [6.07, 6.45) is 6.13. The molecule has 1 aliphatic carbocycles. The van der Waals surface area contributed by atoms with E-state index in [1.807, 2.05) is 0 Å². The highest BCUT2D eigenvalue weighted by atomic mass is 16.5. The maximum Gasteiger partial charge on any atom is 0.271 e. The van der Waals surface area contributed by atoms with Crippen LogP contribution >= 0.6 is 0 Å². The molecule has 0 bridgehead atoms. The molecule has 0 aromatic carbocycles. The van der Waals surface area contributed by atoms with E-state index in [1.54, 1.807) is 14.2 Å². The van der Waals surface area contributed by atoms with E-state index in [0.29, 0.717) is 18.1 Å². The minimum Gasteiger partial charge on any atom is -0.376 e. The Morgan fingerprint density at radius 2 is 2.22 bits per heavy atom. The van der Waals surface area contributed by atoms with Crippen molar-refractivity contribution < 1.29 is 9.53 Å². The molecule has 0 spiro atoms. The molecular formula is C12H18N4O2. The number of carbonyl (C=O) groups is 1. The van der Waals surface area contributed by atoms with Crippen molar-refractivity contribution in [2.45, 2.75) is 24.9 Å². The Morgan fingerprint density at radius 1 is 1.44 bits per heavy atom. The van der Waals surface area contributed by atoms with Gasteiger partial charge in [-0.1, -0.05) is 0 Å². The smallest absolute Gasteiger partial charge is 0.271 e. The van der Waals surface area contributed by atoms with Gasteiger partial charge in [0.2, 0.25) is 0 Å². The second kappa shape index (κ2) is 5.30. The van der Waals surface area contributed by atoms with Crippen LogP contribution < -0.4 is 10.6 Å². The molecular weight excluding hydrogens is 232 g/mol. The SMILES string of the molecule is CNc1cnc(C(=O)NCC2(OC)CCC2)cn1.